The fourth-order valence-corrected chi connectivity index (χ4v) is 2.18. The Morgan fingerprint density at radius 2 is 1.67 bits per heavy atom. The van der Waals surface area contributed by atoms with Gasteiger partial charge in [0.1, 0.15) is 5.75 Å². The molecular formula is C17H16O4. The van der Waals surface area contributed by atoms with Crippen LogP contribution in [0.2, 0.25) is 0 Å². The van der Waals surface area contributed by atoms with Gasteiger partial charge >= 0.3 is 5.97 Å². The van der Waals surface area contributed by atoms with Crippen LogP contribution in [0.4, 0.5) is 0 Å². The molecule has 108 valence electrons. The summed E-state index contributed by atoms with van der Waals surface area (Å²) in [4.78, 5) is 23.6. The van der Waals surface area contributed by atoms with E-state index in [1.807, 2.05) is 6.07 Å². The highest BCUT2D eigenvalue weighted by Gasteiger charge is 2.24. The highest BCUT2D eigenvalue weighted by Crippen LogP contribution is 2.25. The van der Waals surface area contributed by atoms with Crippen molar-refractivity contribution in [3.05, 3.63) is 65.7 Å². The summed E-state index contributed by atoms with van der Waals surface area (Å²) in [5.74, 6) is -1.23. The van der Waals surface area contributed by atoms with Gasteiger partial charge in [0.05, 0.1) is 19.4 Å². The number of methoxy groups -OCH3 is 1. The van der Waals surface area contributed by atoms with Crippen LogP contribution in [0.3, 0.4) is 0 Å². The van der Waals surface area contributed by atoms with E-state index in [1.165, 1.54) is 0 Å². The lowest BCUT2D eigenvalue weighted by Crippen LogP contribution is -2.17. The van der Waals surface area contributed by atoms with Crippen LogP contribution in [0.5, 0.6) is 5.75 Å². The second kappa shape index (κ2) is 6.70. The molecule has 0 radical (unpaired) electrons. The molecule has 2 rings (SSSR count). The van der Waals surface area contributed by atoms with Crippen molar-refractivity contribution in [2.45, 2.75) is 12.3 Å². The molecule has 0 aromatic heterocycles. The predicted molar refractivity (Wildman–Crippen MR) is 78.8 cm³/mol. The minimum Gasteiger partial charge on any atom is -0.497 e. The first-order valence-electron chi connectivity index (χ1n) is 6.57. The Balaban J connectivity index is 2.31. The van der Waals surface area contributed by atoms with E-state index >= 15 is 0 Å². The first-order valence-corrected chi connectivity index (χ1v) is 6.57. The zero-order valence-corrected chi connectivity index (χ0v) is 11.7. The van der Waals surface area contributed by atoms with Gasteiger partial charge in [0, 0.05) is 5.56 Å². The minimum atomic E-state index is -0.995. The SMILES string of the molecule is COc1ccc(C(=O)[C@@H](CC(=O)O)c2ccccc2)cc1. The molecule has 0 unspecified atom stereocenters. The van der Waals surface area contributed by atoms with Gasteiger partial charge in [-0.3, -0.25) is 9.59 Å². The number of benzene rings is 2. The van der Waals surface area contributed by atoms with E-state index in [9.17, 15) is 9.59 Å². The molecule has 0 aliphatic carbocycles. The van der Waals surface area contributed by atoms with Crippen molar-refractivity contribution in [2.75, 3.05) is 7.11 Å². The van der Waals surface area contributed by atoms with E-state index in [0.29, 0.717) is 16.9 Å². The fraction of sp³-hybridized carbons (Fsp3) is 0.176. The lowest BCUT2D eigenvalue weighted by molar-refractivity contribution is -0.137. The van der Waals surface area contributed by atoms with E-state index < -0.39 is 11.9 Å². The van der Waals surface area contributed by atoms with Gasteiger partial charge in [0.2, 0.25) is 0 Å². The van der Waals surface area contributed by atoms with Crippen molar-refractivity contribution in [3.8, 4) is 5.75 Å². The van der Waals surface area contributed by atoms with Crippen LogP contribution in [0.15, 0.2) is 54.6 Å². The Morgan fingerprint density at radius 3 is 2.19 bits per heavy atom. The maximum atomic E-state index is 12.6. The van der Waals surface area contributed by atoms with Gasteiger partial charge in [-0.1, -0.05) is 30.3 Å². The molecule has 4 nitrogen and oxygen atoms in total. The molecule has 0 saturated heterocycles. The average Bonchev–Trinajstić information content (AvgIpc) is 2.53. The van der Waals surface area contributed by atoms with Crippen molar-refractivity contribution in [1.29, 1.82) is 0 Å². The van der Waals surface area contributed by atoms with Crippen molar-refractivity contribution < 1.29 is 19.4 Å². The van der Waals surface area contributed by atoms with Crippen LogP contribution in [-0.2, 0) is 4.79 Å². The normalized spacial score (nSPS) is 11.7. The van der Waals surface area contributed by atoms with Crippen molar-refractivity contribution in [2.24, 2.45) is 0 Å². The van der Waals surface area contributed by atoms with Gasteiger partial charge < -0.3 is 9.84 Å². The molecule has 21 heavy (non-hydrogen) atoms. The van der Waals surface area contributed by atoms with Crippen molar-refractivity contribution >= 4 is 11.8 Å². The molecular weight excluding hydrogens is 268 g/mol. The van der Waals surface area contributed by atoms with E-state index in [1.54, 1.807) is 55.6 Å². The molecule has 0 aliphatic rings. The Labute approximate surface area is 123 Å². The Bertz CT molecular complexity index is 617. The number of Topliss-reactive ketones (excluding diaryl/α,β-unsaturated/α-hetero) is 1. The topological polar surface area (TPSA) is 63.6 Å². The monoisotopic (exact) mass is 284 g/mol. The first-order chi connectivity index (χ1) is 10.1. The number of carboxylic acids is 1. The predicted octanol–water partition coefficient (Wildman–Crippen LogP) is 3.14. The maximum absolute atomic E-state index is 12.6. The smallest absolute Gasteiger partial charge is 0.304 e. The molecule has 0 bridgehead atoms. The van der Waals surface area contributed by atoms with Crippen LogP contribution in [0.1, 0.15) is 28.3 Å². The molecule has 0 heterocycles. The molecule has 0 saturated carbocycles. The van der Waals surface area contributed by atoms with E-state index in [4.69, 9.17) is 9.84 Å². The molecule has 1 N–H and O–H groups in total. The Kier molecular flexibility index (Phi) is 4.72. The Hall–Kier alpha value is -2.62. The van der Waals surface area contributed by atoms with Gasteiger partial charge in [-0.15, -0.1) is 0 Å². The maximum Gasteiger partial charge on any atom is 0.304 e. The number of carboxylic acid groups (broad SMARTS) is 1. The van der Waals surface area contributed by atoms with Crippen LogP contribution in [0, 0.1) is 0 Å². The molecule has 4 heteroatoms. The third-order valence-corrected chi connectivity index (χ3v) is 3.27. The zero-order chi connectivity index (χ0) is 15.2. The fourth-order valence-electron chi connectivity index (χ4n) is 2.18. The third-order valence-electron chi connectivity index (χ3n) is 3.27. The van der Waals surface area contributed by atoms with Crippen molar-refractivity contribution in [3.63, 3.8) is 0 Å². The summed E-state index contributed by atoms with van der Waals surface area (Å²) in [5.41, 5.74) is 1.19. The Morgan fingerprint density at radius 1 is 1.05 bits per heavy atom. The highest BCUT2D eigenvalue weighted by atomic mass is 16.5. The van der Waals surface area contributed by atoms with Gasteiger partial charge in [-0.2, -0.15) is 0 Å². The second-order valence-electron chi connectivity index (χ2n) is 4.65. The summed E-state index contributed by atoms with van der Waals surface area (Å²) in [7, 11) is 1.55. The lowest BCUT2D eigenvalue weighted by atomic mass is 9.88. The average molecular weight is 284 g/mol. The standard InChI is InChI=1S/C17H16O4/c1-21-14-9-7-13(8-10-14)17(20)15(11-16(18)19)12-5-3-2-4-6-12/h2-10,15H,11H2,1H3,(H,18,19)/t15-/m0/s1. The van der Waals surface area contributed by atoms with E-state index in [2.05, 4.69) is 0 Å². The van der Waals surface area contributed by atoms with Gasteiger partial charge in [-0.05, 0) is 29.8 Å². The lowest BCUT2D eigenvalue weighted by Gasteiger charge is -2.14. The molecule has 1 atom stereocenters. The van der Waals surface area contributed by atoms with Gasteiger partial charge in [-0.25, -0.2) is 0 Å². The van der Waals surface area contributed by atoms with Crippen LogP contribution in [-0.4, -0.2) is 24.0 Å². The molecule has 0 amide bonds. The van der Waals surface area contributed by atoms with Gasteiger partial charge in [0.25, 0.3) is 0 Å². The number of carbonyl (C=O) groups is 2. The number of rotatable bonds is 6. The molecule has 2 aromatic rings. The van der Waals surface area contributed by atoms with Crippen LogP contribution < -0.4 is 4.74 Å². The van der Waals surface area contributed by atoms with Crippen molar-refractivity contribution in [1.82, 2.24) is 0 Å². The number of carbonyl (C=O) groups excluding carboxylic acids is 1. The zero-order valence-electron chi connectivity index (χ0n) is 11.7. The summed E-state index contributed by atoms with van der Waals surface area (Å²) in [6.07, 6.45) is -0.227. The number of hydrogen-bond donors (Lipinski definition) is 1. The summed E-state index contributed by atoms with van der Waals surface area (Å²) in [6.45, 7) is 0. The first kappa shape index (κ1) is 14.8. The summed E-state index contributed by atoms with van der Waals surface area (Å²) >= 11 is 0. The molecule has 0 fully saturated rings. The van der Waals surface area contributed by atoms with Crippen LogP contribution >= 0.6 is 0 Å². The molecule has 0 aliphatic heterocycles. The van der Waals surface area contributed by atoms with Crippen LogP contribution in [0.25, 0.3) is 0 Å². The summed E-state index contributed by atoms with van der Waals surface area (Å²) < 4.78 is 5.05. The summed E-state index contributed by atoms with van der Waals surface area (Å²) in [5, 5.41) is 9.05. The largest absolute Gasteiger partial charge is 0.497 e. The third kappa shape index (κ3) is 3.69. The van der Waals surface area contributed by atoms with Gasteiger partial charge in [0.15, 0.2) is 5.78 Å². The minimum absolute atomic E-state index is 0.203. The highest BCUT2D eigenvalue weighted by molar-refractivity contribution is 6.02. The number of hydrogen-bond acceptors (Lipinski definition) is 3. The summed E-state index contributed by atoms with van der Waals surface area (Å²) in [6, 6.07) is 15.7. The number of ketones is 1. The van der Waals surface area contributed by atoms with E-state index in [0.717, 1.165) is 0 Å². The quantitative estimate of drug-likeness (QED) is 0.828. The second-order valence-corrected chi connectivity index (χ2v) is 4.65. The van der Waals surface area contributed by atoms with E-state index in [-0.39, 0.29) is 12.2 Å². The molecule has 2 aromatic carbocycles. The molecule has 0 spiro atoms. The number of ether oxygens (including phenoxy) is 1. The number of aliphatic carboxylic acids is 1.